The number of hydrogen-bond acceptors (Lipinski definition) is 0. The molecule has 0 radical (unpaired) electrons. The SMILES string of the molecule is C/C=C\C(=C/C)c1cccc(-c2cc(C)c[nH]2)c1. The fourth-order valence-electron chi connectivity index (χ4n) is 2.07. The first-order valence-electron chi connectivity index (χ1n) is 6.29. The highest BCUT2D eigenvalue weighted by Gasteiger charge is 2.02. The van der Waals surface area contributed by atoms with Gasteiger partial charge in [-0.15, -0.1) is 0 Å². The first-order chi connectivity index (χ1) is 8.74. The molecule has 2 aromatic rings. The van der Waals surface area contributed by atoms with Crippen molar-refractivity contribution in [3.63, 3.8) is 0 Å². The second kappa shape index (κ2) is 5.54. The Morgan fingerprint density at radius 1 is 1.17 bits per heavy atom. The van der Waals surface area contributed by atoms with Crippen LogP contribution in [0.1, 0.15) is 25.0 Å². The number of aromatic amines is 1. The van der Waals surface area contributed by atoms with Crippen LogP contribution in [0, 0.1) is 6.92 Å². The Hall–Kier alpha value is -2.02. The van der Waals surface area contributed by atoms with Crippen molar-refractivity contribution in [2.24, 2.45) is 0 Å². The summed E-state index contributed by atoms with van der Waals surface area (Å²) >= 11 is 0. The van der Waals surface area contributed by atoms with Crippen molar-refractivity contribution >= 4 is 5.57 Å². The average Bonchev–Trinajstić information content (AvgIpc) is 2.83. The predicted molar refractivity (Wildman–Crippen MR) is 79.4 cm³/mol. The molecule has 1 N–H and O–H groups in total. The summed E-state index contributed by atoms with van der Waals surface area (Å²) in [5.74, 6) is 0. The summed E-state index contributed by atoms with van der Waals surface area (Å²) < 4.78 is 0. The Kier molecular flexibility index (Phi) is 3.83. The van der Waals surface area contributed by atoms with Crippen LogP contribution in [0.2, 0.25) is 0 Å². The van der Waals surface area contributed by atoms with E-state index >= 15 is 0 Å². The highest BCUT2D eigenvalue weighted by Crippen LogP contribution is 2.24. The Morgan fingerprint density at radius 2 is 2.00 bits per heavy atom. The van der Waals surface area contributed by atoms with Crippen LogP contribution < -0.4 is 0 Å². The average molecular weight is 237 g/mol. The molecule has 1 heteroatoms. The smallest absolute Gasteiger partial charge is 0.0456 e. The molecule has 18 heavy (non-hydrogen) atoms. The Morgan fingerprint density at radius 3 is 2.61 bits per heavy atom. The maximum atomic E-state index is 3.30. The molecule has 0 saturated carbocycles. The molecule has 0 atom stereocenters. The van der Waals surface area contributed by atoms with Crippen LogP contribution in [0.15, 0.2) is 54.8 Å². The lowest BCUT2D eigenvalue weighted by Gasteiger charge is -2.05. The highest BCUT2D eigenvalue weighted by atomic mass is 14.7. The summed E-state index contributed by atoms with van der Waals surface area (Å²) in [5, 5.41) is 0. The first kappa shape index (κ1) is 12.4. The van der Waals surface area contributed by atoms with Crippen molar-refractivity contribution in [1.29, 1.82) is 0 Å². The summed E-state index contributed by atoms with van der Waals surface area (Å²) in [7, 11) is 0. The molecule has 2 rings (SSSR count). The fraction of sp³-hybridized carbons (Fsp3) is 0.176. The lowest BCUT2D eigenvalue weighted by Crippen LogP contribution is -1.83. The molecule has 0 spiro atoms. The first-order valence-corrected chi connectivity index (χ1v) is 6.29. The standard InChI is InChI=1S/C17H19N/c1-4-7-14(5-2)15-8-6-9-16(11-15)17-10-13(3)12-18-17/h4-12,18H,1-3H3/b7-4-,14-5+. The van der Waals surface area contributed by atoms with Gasteiger partial charge in [0, 0.05) is 11.9 Å². The molecule has 0 fully saturated rings. The van der Waals surface area contributed by atoms with E-state index in [1.54, 1.807) is 0 Å². The number of benzene rings is 1. The molecule has 0 amide bonds. The Bertz CT molecular complexity index is 585. The summed E-state index contributed by atoms with van der Waals surface area (Å²) in [4.78, 5) is 3.30. The summed E-state index contributed by atoms with van der Waals surface area (Å²) in [6, 6.07) is 10.8. The zero-order chi connectivity index (χ0) is 13.0. The zero-order valence-electron chi connectivity index (χ0n) is 11.2. The normalized spacial score (nSPS) is 12.3. The van der Waals surface area contributed by atoms with Crippen molar-refractivity contribution in [3.05, 3.63) is 65.9 Å². The van der Waals surface area contributed by atoms with Gasteiger partial charge in [-0.2, -0.15) is 0 Å². The van der Waals surface area contributed by atoms with Gasteiger partial charge in [0.1, 0.15) is 0 Å². The third kappa shape index (κ3) is 2.62. The molecule has 1 heterocycles. The second-order valence-electron chi connectivity index (χ2n) is 4.42. The fourth-order valence-corrected chi connectivity index (χ4v) is 2.07. The van der Waals surface area contributed by atoms with Gasteiger partial charge in [0.05, 0.1) is 0 Å². The molecular formula is C17H19N. The van der Waals surface area contributed by atoms with Crippen molar-refractivity contribution in [2.75, 3.05) is 0 Å². The van der Waals surface area contributed by atoms with Gasteiger partial charge in [-0.05, 0) is 55.2 Å². The molecule has 0 saturated heterocycles. The molecule has 92 valence electrons. The van der Waals surface area contributed by atoms with Crippen molar-refractivity contribution < 1.29 is 0 Å². The van der Waals surface area contributed by atoms with Crippen molar-refractivity contribution in [3.8, 4) is 11.3 Å². The van der Waals surface area contributed by atoms with Crippen LogP contribution in [0.4, 0.5) is 0 Å². The van der Waals surface area contributed by atoms with Crippen LogP contribution in [0.25, 0.3) is 16.8 Å². The lowest BCUT2D eigenvalue weighted by molar-refractivity contribution is 1.38. The predicted octanol–water partition coefficient (Wildman–Crippen LogP) is 4.97. The van der Waals surface area contributed by atoms with Crippen LogP contribution in [0.5, 0.6) is 0 Å². The molecule has 1 aromatic carbocycles. The van der Waals surface area contributed by atoms with E-state index in [4.69, 9.17) is 0 Å². The number of H-pyrrole nitrogens is 1. The number of hydrogen-bond donors (Lipinski definition) is 1. The molecule has 0 bridgehead atoms. The molecule has 0 aliphatic rings. The van der Waals surface area contributed by atoms with Crippen LogP contribution in [0.3, 0.4) is 0 Å². The second-order valence-corrected chi connectivity index (χ2v) is 4.42. The summed E-state index contributed by atoms with van der Waals surface area (Å²) in [6.45, 7) is 6.21. The lowest BCUT2D eigenvalue weighted by atomic mass is 10.0. The summed E-state index contributed by atoms with van der Waals surface area (Å²) in [6.07, 6.45) is 8.38. The van der Waals surface area contributed by atoms with Crippen LogP contribution in [-0.4, -0.2) is 4.98 Å². The van der Waals surface area contributed by atoms with Gasteiger partial charge in [0.25, 0.3) is 0 Å². The highest BCUT2D eigenvalue weighted by molar-refractivity contribution is 5.77. The largest absolute Gasteiger partial charge is 0.361 e. The molecule has 0 unspecified atom stereocenters. The van der Waals surface area contributed by atoms with E-state index < -0.39 is 0 Å². The van der Waals surface area contributed by atoms with Gasteiger partial charge in [-0.3, -0.25) is 0 Å². The number of rotatable bonds is 3. The van der Waals surface area contributed by atoms with Gasteiger partial charge >= 0.3 is 0 Å². The quantitative estimate of drug-likeness (QED) is 0.725. The van der Waals surface area contributed by atoms with Crippen LogP contribution >= 0.6 is 0 Å². The molecular weight excluding hydrogens is 218 g/mol. The van der Waals surface area contributed by atoms with Crippen molar-refractivity contribution in [2.45, 2.75) is 20.8 Å². The third-order valence-electron chi connectivity index (χ3n) is 2.99. The maximum Gasteiger partial charge on any atom is 0.0456 e. The van der Waals surface area contributed by atoms with E-state index in [0.717, 1.165) is 0 Å². The van der Waals surface area contributed by atoms with E-state index in [1.165, 1.54) is 28.0 Å². The number of nitrogens with one attached hydrogen (secondary N) is 1. The Labute approximate surface area is 109 Å². The molecule has 0 aliphatic carbocycles. The molecule has 0 aliphatic heterocycles. The van der Waals surface area contributed by atoms with E-state index in [-0.39, 0.29) is 0 Å². The van der Waals surface area contributed by atoms with Gasteiger partial charge in [0.2, 0.25) is 0 Å². The third-order valence-corrected chi connectivity index (χ3v) is 2.99. The van der Waals surface area contributed by atoms with Gasteiger partial charge in [-0.1, -0.05) is 36.4 Å². The minimum Gasteiger partial charge on any atom is -0.361 e. The number of aromatic nitrogens is 1. The van der Waals surface area contributed by atoms with Gasteiger partial charge in [-0.25, -0.2) is 0 Å². The van der Waals surface area contributed by atoms with Crippen molar-refractivity contribution in [1.82, 2.24) is 4.98 Å². The van der Waals surface area contributed by atoms with E-state index in [9.17, 15) is 0 Å². The van der Waals surface area contributed by atoms with Gasteiger partial charge < -0.3 is 4.98 Å². The Balaban J connectivity index is 2.42. The summed E-state index contributed by atoms with van der Waals surface area (Å²) in [5.41, 5.74) is 6.16. The molecule has 1 nitrogen and oxygen atoms in total. The molecule has 1 aromatic heterocycles. The van der Waals surface area contributed by atoms with Crippen LogP contribution in [-0.2, 0) is 0 Å². The maximum absolute atomic E-state index is 3.30. The number of allylic oxidation sites excluding steroid dienone is 4. The number of aryl methyl sites for hydroxylation is 1. The van der Waals surface area contributed by atoms with E-state index in [0.29, 0.717) is 0 Å². The zero-order valence-corrected chi connectivity index (χ0v) is 11.2. The minimum atomic E-state index is 1.17. The topological polar surface area (TPSA) is 15.8 Å². The van der Waals surface area contributed by atoms with E-state index in [2.05, 4.69) is 67.4 Å². The van der Waals surface area contributed by atoms with E-state index in [1.807, 2.05) is 13.1 Å². The minimum absolute atomic E-state index is 1.17. The monoisotopic (exact) mass is 237 g/mol. The van der Waals surface area contributed by atoms with Gasteiger partial charge in [0.15, 0.2) is 0 Å².